The van der Waals surface area contributed by atoms with Crippen LogP contribution in [0.25, 0.3) is 22.0 Å². The summed E-state index contributed by atoms with van der Waals surface area (Å²) in [5.74, 6) is 0.569. The van der Waals surface area contributed by atoms with E-state index in [0.717, 1.165) is 33.9 Å². The van der Waals surface area contributed by atoms with Gasteiger partial charge in [-0.1, -0.05) is 32.9 Å². The SMILES string of the molecule is COc1cc(Nc2ncc3cc(-c4cc(C(=O)Nc5cc(C(C)(C)C)cc(NS(C)(=O)=O)c5OC)ccc4C)ccc3n2)ccc1C(C)=O. The molecule has 0 fully saturated rings. The van der Waals surface area contributed by atoms with Crippen molar-refractivity contribution in [3.63, 3.8) is 0 Å². The molecule has 5 aromatic rings. The maximum absolute atomic E-state index is 13.7. The molecule has 5 rings (SSSR count). The van der Waals surface area contributed by atoms with Crippen LogP contribution < -0.4 is 24.8 Å². The second kappa shape index (κ2) is 13.6. The second-order valence-electron chi connectivity index (χ2n) is 12.8. The topological polar surface area (TPSA) is 149 Å². The predicted molar refractivity (Wildman–Crippen MR) is 194 cm³/mol. The summed E-state index contributed by atoms with van der Waals surface area (Å²) in [5, 5.41) is 6.90. The number of hydrogen-bond acceptors (Lipinski definition) is 9. The van der Waals surface area contributed by atoms with Gasteiger partial charge in [0.05, 0.1) is 42.9 Å². The van der Waals surface area contributed by atoms with Gasteiger partial charge >= 0.3 is 0 Å². The number of methoxy groups -OCH3 is 2. The molecule has 0 atom stereocenters. The first-order chi connectivity index (χ1) is 23.1. The van der Waals surface area contributed by atoms with Crippen LogP contribution in [-0.4, -0.2) is 50.6 Å². The van der Waals surface area contributed by atoms with Gasteiger partial charge in [-0.25, -0.2) is 18.4 Å². The number of nitrogens with one attached hydrogen (secondary N) is 3. The van der Waals surface area contributed by atoms with Gasteiger partial charge in [0, 0.05) is 28.9 Å². The third-order valence-corrected chi connectivity index (χ3v) is 8.52. The molecule has 0 radical (unpaired) electrons. The average molecular weight is 682 g/mol. The smallest absolute Gasteiger partial charge is 0.255 e. The van der Waals surface area contributed by atoms with Crippen LogP contribution in [0.2, 0.25) is 0 Å². The highest BCUT2D eigenvalue weighted by atomic mass is 32.2. The van der Waals surface area contributed by atoms with Crippen LogP contribution in [-0.2, 0) is 15.4 Å². The van der Waals surface area contributed by atoms with Crippen molar-refractivity contribution in [2.75, 3.05) is 35.8 Å². The van der Waals surface area contributed by atoms with Crippen molar-refractivity contribution in [2.45, 2.75) is 40.0 Å². The molecule has 0 aliphatic rings. The van der Waals surface area contributed by atoms with Crippen LogP contribution in [0.1, 0.15) is 59.5 Å². The zero-order valence-electron chi connectivity index (χ0n) is 28.7. The van der Waals surface area contributed by atoms with E-state index < -0.39 is 10.0 Å². The number of aromatic nitrogens is 2. The summed E-state index contributed by atoms with van der Waals surface area (Å²) in [6, 6.07) is 19.9. The maximum atomic E-state index is 13.7. The summed E-state index contributed by atoms with van der Waals surface area (Å²) in [7, 11) is -0.684. The van der Waals surface area contributed by atoms with E-state index in [1.54, 1.807) is 42.6 Å². The Kier molecular flexibility index (Phi) is 9.64. The number of carbonyl (C=O) groups excluding carboxylic acids is 2. The number of benzene rings is 4. The van der Waals surface area contributed by atoms with Crippen molar-refractivity contribution in [1.82, 2.24) is 9.97 Å². The van der Waals surface area contributed by atoms with E-state index in [9.17, 15) is 18.0 Å². The minimum absolute atomic E-state index is 0.0910. The monoisotopic (exact) mass is 681 g/mol. The Morgan fingerprint density at radius 2 is 1.61 bits per heavy atom. The fourth-order valence-corrected chi connectivity index (χ4v) is 5.92. The number of hydrogen-bond donors (Lipinski definition) is 3. The van der Waals surface area contributed by atoms with Crippen molar-refractivity contribution >= 4 is 55.6 Å². The highest BCUT2D eigenvalue weighted by molar-refractivity contribution is 7.92. The number of ether oxygens (including phenoxy) is 2. The summed E-state index contributed by atoms with van der Waals surface area (Å²) >= 11 is 0. The van der Waals surface area contributed by atoms with Gasteiger partial charge in [-0.3, -0.25) is 14.3 Å². The van der Waals surface area contributed by atoms with Gasteiger partial charge in [-0.15, -0.1) is 0 Å². The van der Waals surface area contributed by atoms with E-state index >= 15 is 0 Å². The Labute approximate surface area is 286 Å². The van der Waals surface area contributed by atoms with Gasteiger partial charge in [0.25, 0.3) is 5.91 Å². The fourth-order valence-electron chi connectivity index (χ4n) is 5.37. The number of aryl methyl sites for hydroxylation is 1. The number of Topliss-reactive ketones (excluding diaryl/α,β-unsaturated/α-hetero) is 1. The summed E-state index contributed by atoms with van der Waals surface area (Å²) in [6.07, 6.45) is 2.78. The second-order valence-corrected chi connectivity index (χ2v) is 14.5. The molecule has 0 aliphatic heterocycles. The molecule has 0 aliphatic carbocycles. The van der Waals surface area contributed by atoms with Gasteiger partial charge in [0.2, 0.25) is 16.0 Å². The van der Waals surface area contributed by atoms with E-state index in [2.05, 4.69) is 25.3 Å². The molecule has 3 N–H and O–H groups in total. The lowest BCUT2D eigenvalue weighted by molar-refractivity contribution is 0.101. The Bertz CT molecular complexity index is 2210. The molecule has 4 aromatic carbocycles. The van der Waals surface area contributed by atoms with Crippen LogP contribution in [0.4, 0.5) is 23.0 Å². The molecule has 1 aromatic heterocycles. The molecule has 1 heterocycles. The lowest BCUT2D eigenvalue weighted by atomic mass is 9.86. The van der Waals surface area contributed by atoms with Gasteiger partial charge in [-0.05, 0) is 90.0 Å². The lowest BCUT2D eigenvalue weighted by Gasteiger charge is -2.24. The highest BCUT2D eigenvalue weighted by Crippen LogP contribution is 2.39. The fraction of sp³-hybridized carbons (Fsp3) is 0.243. The van der Waals surface area contributed by atoms with E-state index in [-0.39, 0.29) is 28.5 Å². The summed E-state index contributed by atoms with van der Waals surface area (Å²) in [5.41, 5.74) is 6.01. The van der Waals surface area contributed by atoms with Crippen molar-refractivity contribution in [1.29, 1.82) is 0 Å². The zero-order chi connectivity index (χ0) is 35.7. The number of anilines is 4. The summed E-state index contributed by atoms with van der Waals surface area (Å²) < 4.78 is 37.7. The molecule has 12 heteroatoms. The van der Waals surface area contributed by atoms with Gasteiger partial charge in [0.1, 0.15) is 5.75 Å². The standard InChI is InChI=1S/C37H39N5O6S/c1-21-9-10-24(35(44)40-31-17-26(37(3,4)5)18-32(34(31)48-7)42-49(8,45)46)16-29(21)23-11-14-30-25(15-23)20-38-36(41-30)39-27-12-13-28(22(2)43)33(19-27)47-6/h9-20,42H,1-8H3,(H,40,44)(H,38,39,41). The Hall–Kier alpha value is -5.49. The Balaban J connectivity index is 1.43. The van der Waals surface area contributed by atoms with Crippen LogP contribution in [0.5, 0.6) is 11.5 Å². The number of ketones is 1. The molecular weight excluding hydrogens is 643 g/mol. The number of sulfonamides is 1. The van der Waals surface area contributed by atoms with Crippen LogP contribution in [0, 0.1) is 6.92 Å². The van der Waals surface area contributed by atoms with E-state index in [1.165, 1.54) is 21.1 Å². The molecule has 11 nitrogen and oxygen atoms in total. The van der Waals surface area contributed by atoms with Crippen LogP contribution in [0.15, 0.2) is 72.9 Å². The van der Waals surface area contributed by atoms with E-state index in [4.69, 9.17) is 9.47 Å². The first kappa shape index (κ1) is 34.8. The van der Waals surface area contributed by atoms with Crippen LogP contribution in [0.3, 0.4) is 0 Å². The van der Waals surface area contributed by atoms with Crippen LogP contribution >= 0.6 is 0 Å². The summed E-state index contributed by atoms with van der Waals surface area (Å²) in [6.45, 7) is 9.44. The molecule has 0 bridgehead atoms. The molecule has 254 valence electrons. The molecule has 0 saturated heterocycles. The van der Waals surface area contributed by atoms with Crippen molar-refractivity contribution in [3.8, 4) is 22.6 Å². The van der Waals surface area contributed by atoms with Gasteiger partial charge < -0.3 is 20.1 Å². The maximum Gasteiger partial charge on any atom is 0.255 e. The van der Waals surface area contributed by atoms with Crippen molar-refractivity contribution in [2.24, 2.45) is 0 Å². The summed E-state index contributed by atoms with van der Waals surface area (Å²) in [4.78, 5) is 34.7. The Morgan fingerprint density at radius 1 is 0.878 bits per heavy atom. The molecule has 1 amide bonds. The molecular formula is C37H39N5O6S. The zero-order valence-corrected chi connectivity index (χ0v) is 29.5. The number of fused-ring (bicyclic) bond motifs is 1. The van der Waals surface area contributed by atoms with Crippen molar-refractivity contribution in [3.05, 3.63) is 95.2 Å². The number of carbonyl (C=O) groups is 2. The Morgan fingerprint density at radius 3 is 2.27 bits per heavy atom. The number of amides is 1. The largest absolute Gasteiger partial charge is 0.496 e. The molecule has 0 spiro atoms. The number of nitrogens with zero attached hydrogens (tertiary/aromatic N) is 2. The molecule has 0 saturated carbocycles. The lowest BCUT2D eigenvalue weighted by Crippen LogP contribution is -2.18. The quantitative estimate of drug-likeness (QED) is 0.128. The molecule has 0 unspecified atom stereocenters. The van der Waals surface area contributed by atoms with E-state index in [0.29, 0.717) is 39.7 Å². The normalized spacial score (nSPS) is 11.6. The number of rotatable bonds is 10. The minimum Gasteiger partial charge on any atom is -0.496 e. The predicted octanol–water partition coefficient (Wildman–Crippen LogP) is 7.49. The van der Waals surface area contributed by atoms with Gasteiger partial charge in [-0.2, -0.15) is 0 Å². The minimum atomic E-state index is -3.62. The molecule has 49 heavy (non-hydrogen) atoms. The first-order valence-corrected chi connectivity index (χ1v) is 17.3. The highest BCUT2D eigenvalue weighted by Gasteiger charge is 2.23. The van der Waals surface area contributed by atoms with Crippen molar-refractivity contribution < 1.29 is 27.5 Å². The van der Waals surface area contributed by atoms with E-state index in [1.807, 2.05) is 58.0 Å². The third-order valence-electron chi connectivity index (χ3n) is 7.93. The third kappa shape index (κ3) is 7.98. The first-order valence-electron chi connectivity index (χ1n) is 15.4. The van der Waals surface area contributed by atoms with Gasteiger partial charge in [0.15, 0.2) is 11.5 Å². The average Bonchev–Trinajstić information content (AvgIpc) is 3.03.